The fraction of sp³-hybridized carbons (Fsp3) is 0.125. The number of hydrogen-bond acceptors (Lipinski definition) is 2. The summed E-state index contributed by atoms with van der Waals surface area (Å²) in [5.41, 5.74) is 1.75. The van der Waals surface area contributed by atoms with E-state index in [-0.39, 0.29) is 5.91 Å². The Morgan fingerprint density at radius 3 is 2.00 bits per heavy atom. The first kappa shape index (κ1) is 13.0. The maximum Gasteiger partial charge on any atom is 0.224 e. The van der Waals surface area contributed by atoms with Crippen molar-refractivity contribution < 1.29 is 4.79 Å². The van der Waals surface area contributed by atoms with Gasteiger partial charge < -0.3 is 0 Å². The van der Waals surface area contributed by atoms with Crippen LogP contribution >= 0.6 is 0 Å². The molecular weight excluding hydrogens is 236 g/mol. The van der Waals surface area contributed by atoms with Gasteiger partial charge in [0.05, 0.1) is 5.69 Å². The number of amidine groups is 1. The highest BCUT2D eigenvalue weighted by molar-refractivity contribution is 6.08. The Hall–Kier alpha value is -2.42. The van der Waals surface area contributed by atoms with Crippen LogP contribution in [0.15, 0.2) is 65.7 Å². The maximum atomic E-state index is 11.6. The van der Waals surface area contributed by atoms with E-state index in [0.717, 1.165) is 11.3 Å². The third-order valence-electron chi connectivity index (χ3n) is 2.81. The average Bonchev–Trinajstić information content (AvgIpc) is 2.46. The van der Waals surface area contributed by atoms with Crippen molar-refractivity contribution in [2.45, 2.75) is 6.92 Å². The first-order valence-electron chi connectivity index (χ1n) is 6.12. The minimum atomic E-state index is -0.0430. The molecule has 2 aromatic carbocycles. The van der Waals surface area contributed by atoms with Crippen molar-refractivity contribution >= 4 is 17.4 Å². The highest BCUT2D eigenvalue weighted by Crippen LogP contribution is 2.14. The van der Waals surface area contributed by atoms with Gasteiger partial charge in [0.25, 0.3) is 0 Å². The molecule has 1 amide bonds. The van der Waals surface area contributed by atoms with Crippen molar-refractivity contribution in [1.82, 2.24) is 4.90 Å². The zero-order chi connectivity index (χ0) is 13.7. The molecule has 2 rings (SSSR count). The molecule has 0 saturated carbocycles. The van der Waals surface area contributed by atoms with Crippen molar-refractivity contribution in [3.63, 3.8) is 0 Å². The predicted octanol–water partition coefficient (Wildman–Crippen LogP) is 3.24. The van der Waals surface area contributed by atoms with Gasteiger partial charge in [-0.1, -0.05) is 48.5 Å². The predicted molar refractivity (Wildman–Crippen MR) is 77.5 cm³/mol. The van der Waals surface area contributed by atoms with Crippen LogP contribution in [-0.2, 0) is 4.79 Å². The summed E-state index contributed by atoms with van der Waals surface area (Å²) in [5, 5.41) is 0. The van der Waals surface area contributed by atoms with Gasteiger partial charge in [-0.05, 0) is 12.1 Å². The molecule has 3 nitrogen and oxygen atoms in total. The van der Waals surface area contributed by atoms with Gasteiger partial charge in [0.15, 0.2) is 0 Å². The standard InChI is InChI=1S/C16H16N2O/c1-13(19)18(2)16(14-9-5-3-6-10-14)17-15-11-7-4-8-12-15/h3-12H,1-2H3. The number of para-hydroxylation sites is 1. The molecule has 0 bridgehead atoms. The summed E-state index contributed by atoms with van der Waals surface area (Å²) in [6.45, 7) is 1.53. The molecule has 0 heterocycles. The normalized spacial score (nSPS) is 11.2. The molecule has 0 unspecified atom stereocenters. The molecular formula is C16H16N2O. The summed E-state index contributed by atoms with van der Waals surface area (Å²) in [5.74, 6) is 0.609. The van der Waals surface area contributed by atoms with Gasteiger partial charge in [-0.3, -0.25) is 9.69 Å². The van der Waals surface area contributed by atoms with Crippen LogP contribution in [0.4, 0.5) is 5.69 Å². The molecule has 0 aliphatic heterocycles. The van der Waals surface area contributed by atoms with E-state index in [1.165, 1.54) is 6.92 Å². The van der Waals surface area contributed by atoms with Gasteiger partial charge in [0.1, 0.15) is 5.84 Å². The zero-order valence-electron chi connectivity index (χ0n) is 11.1. The Bertz CT molecular complexity index is 576. The van der Waals surface area contributed by atoms with Crippen LogP contribution in [0.3, 0.4) is 0 Å². The number of carbonyl (C=O) groups excluding carboxylic acids is 1. The summed E-state index contributed by atoms with van der Waals surface area (Å²) in [4.78, 5) is 17.7. The van der Waals surface area contributed by atoms with Crippen LogP contribution in [0.5, 0.6) is 0 Å². The Labute approximate surface area is 113 Å². The lowest BCUT2D eigenvalue weighted by Gasteiger charge is -2.18. The van der Waals surface area contributed by atoms with E-state index in [0.29, 0.717) is 5.84 Å². The van der Waals surface area contributed by atoms with Crippen LogP contribution in [0, 0.1) is 0 Å². The van der Waals surface area contributed by atoms with Gasteiger partial charge in [-0.15, -0.1) is 0 Å². The van der Waals surface area contributed by atoms with Crippen LogP contribution in [0.25, 0.3) is 0 Å². The molecule has 96 valence electrons. The summed E-state index contributed by atoms with van der Waals surface area (Å²) in [7, 11) is 1.73. The first-order chi connectivity index (χ1) is 9.18. The van der Waals surface area contributed by atoms with E-state index in [4.69, 9.17) is 0 Å². The maximum absolute atomic E-state index is 11.6. The Morgan fingerprint density at radius 2 is 1.47 bits per heavy atom. The number of amides is 1. The van der Waals surface area contributed by atoms with Gasteiger partial charge in [0, 0.05) is 19.5 Å². The lowest BCUT2D eigenvalue weighted by Crippen LogP contribution is -2.31. The molecule has 0 aromatic heterocycles. The van der Waals surface area contributed by atoms with Crippen molar-refractivity contribution in [2.75, 3.05) is 7.05 Å². The third kappa shape index (κ3) is 3.28. The molecule has 19 heavy (non-hydrogen) atoms. The van der Waals surface area contributed by atoms with Gasteiger partial charge >= 0.3 is 0 Å². The van der Waals surface area contributed by atoms with Crippen LogP contribution < -0.4 is 0 Å². The Balaban J connectivity index is 2.46. The molecule has 0 spiro atoms. The van der Waals surface area contributed by atoms with Gasteiger partial charge in [-0.25, -0.2) is 4.99 Å². The number of hydrogen-bond donors (Lipinski definition) is 0. The molecule has 0 aliphatic carbocycles. The lowest BCUT2D eigenvalue weighted by atomic mass is 10.2. The average molecular weight is 252 g/mol. The van der Waals surface area contributed by atoms with Gasteiger partial charge in [0.2, 0.25) is 5.91 Å². The van der Waals surface area contributed by atoms with Crippen molar-refractivity contribution in [3.05, 3.63) is 66.2 Å². The number of aliphatic imine (C=N–C) groups is 1. The molecule has 0 atom stereocenters. The number of rotatable bonds is 2. The zero-order valence-corrected chi connectivity index (χ0v) is 11.1. The molecule has 0 fully saturated rings. The largest absolute Gasteiger partial charge is 0.300 e. The quantitative estimate of drug-likeness (QED) is 0.596. The molecule has 0 N–H and O–H groups in total. The highest BCUT2D eigenvalue weighted by atomic mass is 16.2. The molecule has 3 heteroatoms. The monoisotopic (exact) mass is 252 g/mol. The second-order valence-electron chi connectivity index (χ2n) is 4.22. The second-order valence-corrected chi connectivity index (χ2v) is 4.22. The number of carbonyl (C=O) groups is 1. The number of nitrogens with zero attached hydrogens (tertiary/aromatic N) is 2. The molecule has 2 aromatic rings. The summed E-state index contributed by atoms with van der Waals surface area (Å²) >= 11 is 0. The fourth-order valence-corrected chi connectivity index (χ4v) is 1.69. The fourth-order valence-electron chi connectivity index (χ4n) is 1.69. The number of benzene rings is 2. The SMILES string of the molecule is CC(=O)N(C)C(=Nc1ccccc1)c1ccccc1. The van der Waals surface area contributed by atoms with E-state index in [2.05, 4.69) is 4.99 Å². The van der Waals surface area contributed by atoms with Gasteiger partial charge in [-0.2, -0.15) is 0 Å². The highest BCUT2D eigenvalue weighted by Gasteiger charge is 2.12. The van der Waals surface area contributed by atoms with E-state index >= 15 is 0 Å². The lowest BCUT2D eigenvalue weighted by molar-refractivity contribution is -0.124. The second kappa shape index (κ2) is 5.96. The smallest absolute Gasteiger partial charge is 0.224 e. The molecule has 0 aliphatic rings. The first-order valence-corrected chi connectivity index (χ1v) is 6.12. The van der Waals surface area contributed by atoms with E-state index in [9.17, 15) is 4.79 Å². The minimum absolute atomic E-state index is 0.0430. The Morgan fingerprint density at radius 1 is 0.947 bits per heavy atom. The summed E-state index contributed by atoms with van der Waals surface area (Å²) in [6.07, 6.45) is 0. The van der Waals surface area contributed by atoms with Crippen LogP contribution in [0.2, 0.25) is 0 Å². The van der Waals surface area contributed by atoms with Crippen LogP contribution in [-0.4, -0.2) is 23.7 Å². The minimum Gasteiger partial charge on any atom is -0.300 e. The third-order valence-corrected chi connectivity index (χ3v) is 2.81. The molecule has 0 radical (unpaired) electrons. The summed E-state index contributed by atoms with van der Waals surface area (Å²) in [6, 6.07) is 19.3. The van der Waals surface area contributed by atoms with E-state index < -0.39 is 0 Å². The van der Waals surface area contributed by atoms with Crippen molar-refractivity contribution in [2.24, 2.45) is 4.99 Å². The summed E-state index contributed by atoms with van der Waals surface area (Å²) < 4.78 is 0. The Kier molecular flexibility index (Phi) is 4.08. The topological polar surface area (TPSA) is 32.7 Å². The van der Waals surface area contributed by atoms with Crippen LogP contribution in [0.1, 0.15) is 12.5 Å². The van der Waals surface area contributed by atoms with Crippen molar-refractivity contribution in [1.29, 1.82) is 0 Å². The molecule has 0 saturated heterocycles. The van der Waals surface area contributed by atoms with Crippen molar-refractivity contribution in [3.8, 4) is 0 Å². The van der Waals surface area contributed by atoms with E-state index in [1.54, 1.807) is 11.9 Å². The van der Waals surface area contributed by atoms with E-state index in [1.807, 2.05) is 60.7 Å².